The van der Waals surface area contributed by atoms with Crippen molar-refractivity contribution in [3.63, 3.8) is 0 Å². The first-order valence-corrected chi connectivity index (χ1v) is 6.31. The van der Waals surface area contributed by atoms with Gasteiger partial charge in [-0.25, -0.2) is 4.79 Å². The maximum atomic E-state index is 12.2. The predicted molar refractivity (Wildman–Crippen MR) is 76.5 cm³/mol. The van der Waals surface area contributed by atoms with Crippen LogP contribution in [0.4, 0.5) is 0 Å². The van der Waals surface area contributed by atoms with E-state index in [0.29, 0.717) is 16.7 Å². The van der Waals surface area contributed by atoms with Crippen LogP contribution in [0.2, 0.25) is 0 Å². The minimum Gasteiger partial charge on any atom is -0.477 e. The number of rotatable bonds is 2. The Morgan fingerprint density at radius 1 is 1.33 bits per heavy atom. The minimum atomic E-state index is -1.25. The monoisotopic (exact) mass is 284 g/mol. The molecule has 1 aromatic carbocycles. The Bertz CT molecular complexity index is 902. The summed E-state index contributed by atoms with van der Waals surface area (Å²) in [6, 6.07) is 5.24. The van der Waals surface area contributed by atoms with Crippen LogP contribution in [-0.2, 0) is 0 Å². The van der Waals surface area contributed by atoms with Crippen molar-refractivity contribution >= 4 is 16.9 Å². The second kappa shape index (κ2) is 4.59. The minimum absolute atomic E-state index is 0.279. The zero-order valence-corrected chi connectivity index (χ0v) is 11.4. The largest absolute Gasteiger partial charge is 0.477 e. The SMILES string of the molecule is Cc1noc(C)c1-c1ccc2[nH]cc(C(=O)O)c(=O)c2c1. The second-order valence-corrected chi connectivity index (χ2v) is 4.80. The van der Waals surface area contributed by atoms with Crippen LogP contribution in [0.5, 0.6) is 0 Å². The zero-order chi connectivity index (χ0) is 15.1. The van der Waals surface area contributed by atoms with E-state index in [0.717, 1.165) is 16.8 Å². The molecule has 0 unspecified atom stereocenters. The highest BCUT2D eigenvalue weighted by Gasteiger charge is 2.15. The van der Waals surface area contributed by atoms with Crippen LogP contribution in [0, 0.1) is 13.8 Å². The van der Waals surface area contributed by atoms with Crippen LogP contribution in [0.15, 0.2) is 33.7 Å². The Morgan fingerprint density at radius 2 is 2.10 bits per heavy atom. The molecule has 3 rings (SSSR count). The van der Waals surface area contributed by atoms with Gasteiger partial charge < -0.3 is 14.6 Å². The Morgan fingerprint density at radius 3 is 2.71 bits per heavy atom. The molecule has 0 bridgehead atoms. The van der Waals surface area contributed by atoms with E-state index in [9.17, 15) is 9.59 Å². The Balaban J connectivity index is 2.31. The van der Waals surface area contributed by atoms with Gasteiger partial charge in [-0.15, -0.1) is 0 Å². The van der Waals surface area contributed by atoms with Crippen LogP contribution < -0.4 is 5.43 Å². The fourth-order valence-corrected chi connectivity index (χ4v) is 2.43. The number of hydrogen-bond acceptors (Lipinski definition) is 4. The van der Waals surface area contributed by atoms with Gasteiger partial charge >= 0.3 is 5.97 Å². The summed E-state index contributed by atoms with van der Waals surface area (Å²) < 4.78 is 5.12. The molecule has 0 amide bonds. The number of nitrogens with one attached hydrogen (secondary N) is 1. The molecule has 6 heteroatoms. The van der Waals surface area contributed by atoms with Crippen LogP contribution in [0.3, 0.4) is 0 Å². The van der Waals surface area contributed by atoms with E-state index in [-0.39, 0.29) is 5.56 Å². The van der Waals surface area contributed by atoms with Crippen molar-refractivity contribution in [2.45, 2.75) is 13.8 Å². The van der Waals surface area contributed by atoms with E-state index in [4.69, 9.17) is 9.63 Å². The fraction of sp³-hybridized carbons (Fsp3) is 0.133. The van der Waals surface area contributed by atoms with E-state index < -0.39 is 11.4 Å². The van der Waals surface area contributed by atoms with Crippen molar-refractivity contribution in [1.29, 1.82) is 0 Å². The molecular weight excluding hydrogens is 272 g/mol. The van der Waals surface area contributed by atoms with Crippen molar-refractivity contribution in [2.24, 2.45) is 0 Å². The molecule has 0 saturated carbocycles. The number of aryl methyl sites for hydroxylation is 2. The topological polar surface area (TPSA) is 96.2 Å². The molecule has 0 fully saturated rings. The van der Waals surface area contributed by atoms with Gasteiger partial charge in [-0.1, -0.05) is 11.2 Å². The summed E-state index contributed by atoms with van der Waals surface area (Å²) in [5.41, 5.74) is 2.10. The highest BCUT2D eigenvalue weighted by molar-refractivity contribution is 5.93. The van der Waals surface area contributed by atoms with E-state index in [2.05, 4.69) is 10.1 Å². The van der Waals surface area contributed by atoms with E-state index in [1.54, 1.807) is 19.1 Å². The lowest BCUT2D eigenvalue weighted by Crippen LogP contribution is -2.15. The summed E-state index contributed by atoms with van der Waals surface area (Å²) in [7, 11) is 0. The highest BCUT2D eigenvalue weighted by atomic mass is 16.5. The van der Waals surface area contributed by atoms with Gasteiger partial charge in [-0.05, 0) is 31.5 Å². The number of H-pyrrole nitrogens is 1. The van der Waals surface area contributed by atoms with Gasteiger partial charge in [-0.2, -0.15) is 0 Å². The number of carboxylic acid groups (broad SMARTS) is 1. The summed E-state index contributed by atoms with van der Waals surface area (Å²) in [5.74, 6) is -0.599. The second-order valence-electron chi connectivity index (χ2n) is 4.80. The molecule has 6 nitrogen and oxygen atoms in total. The van der Waals surface area contributed by atoms with Crippen molar-refractivity contribution in [2.75, 3.05) is 0 Å². The van der Waals surface area contributed by atoms with E-state index in [1.807, 2.05) is 13.0 Å². The van der Waals surface area contributed by atoms with Gasteiger partial charge in [0.25, 0.3) is 0 Å². The standard InChI is InChI=1S/C15H12N2O4/c1-7-13(8(2)21-17-7)9-3-4-12-10(5-9)14(18)11(6-16-12)15(19)20/h3-6H,1-2H3,(H,16,18)(H,19,20). The van der Waals surface area contributed by atoms with Gasteiger partial charge in [0.15, 0.2) is 0 Å². The van der Waals surface area contributed by atoms with Gasteiger partial charge in [0, 0.05) is 22.7 Å². The third-order valence-corrected chi connectivity index (χ3v) is 3.43. The molecule has 0 saturated heterocycles. The summed E-state index contributed by atoms with van der Waals surface area (Å²) in [6.45, 7) is 3.60. The number of aromatic amines is 1. The maximum Gasteiger partial charge on any atom is 0.341 e. The Kier molecular flexibility index (Phi) is 2.86. The summed E-state index contributed by atoms with van der Waals surface area (Å²) >= 11 is 0. The normalized spacial score (nSPS) is 11.0. The van der Waals surface area contributed by atoms with Crippen LogP contribution >= 0.6 is 0 Å². The summed E-state index contributed by atoms with van der Waals surface area (Å²) in [6.07, 6.45) is 1.21. The first kappa shape index (κ1) is 13.1. The summed E-state index contributed by atoms with van der Waals surface area (Å²) in [4.78, 5) is 26.1. The molecule has 21 heavy (non-hydrogen) atoms. The smallest absolute Gasteiger partial charge is 0.341 e. The first-order valence-electron chi connectivity index (χ1n) is 6.31. The van der Waals surface area contributed by atoms with Crippen LogP contribution in [-0.4, -0.2) is 21.2 Å². The number of pyridine rings is 1. The highest BCUT2D eigenvalue weighted by Crippen LogP contribution is 2.28. The third-order valence-electron chi connectivity index (χ3n) is 3.43. The first-order chi connectivity index (χ1) is 9.99. The molecule has 0 aliphatic heterocycles. The number of fused-ring (bicyclic) bond motifs is 1. The molecule has 0 spiro atoms. The third kappa shape index (κ3) is 2.01. The predicted octanol–water partition coefficient (Wildman–Crippen LogP) is 2.50. The van der Waals surface area contributed by atoms with E-state index in [1.165, 1.54) is 6.20 Å². The number of benzene rings is 1. The fourth-order valence-electron chi connectivity index (χ4n) is 2.43. The van der Waals surface area contributed by atoms with E-state index >= 15 is 0 Å². The van der Waals surface area contributed by atoms with Crippen molar-refractivity contribution in [3.8, 4) is 11.1 Å². The van der Waals surface area contributed by atoms with Gasteiger partial charge in [0.2, 0.25) is 5.43 Å². The molecule has 106 valence electrons. The molecule has 0 radical (unpaired) electrons. The molecule has 0 aliphatic carbocycles. The van der Waals surface area contributed by atoms with Gasteiger partial charge in [0.1, 0.15) is 11.3 Å². The number of nitrogens with zero attached hydrogens (tertiary/aromatic N) is 1. The van der Waals surface area contributed by atoms with Gasteiger partial charge in [0.05, 0.1) is 5.69 Å². The van der Waals surface area contributed by atoms with Gasteiger partial charge in [-0.3, -0.25) is 4.79 Å². The molecule has 2 aromatic heterocycles. The van der Waals surface area contributed by atoms with Crippen molar-refractivity contribution in [3.05, 3.63) is 51.6 Å². The number of aromatic nitrogens is 2. The average molecular weight is 284 g/mol. The van der Waals surface area contributed by atoms with Crippen LogP contribution in [0.1, 0.15) is 21.8 Å². The number of hydrogen-bond donors (Lipinski definition) is 2. The lowest BCUT2D eigenvalue weighted by atomic mass is 10.0. The maximum absolute atomic E-state index is 12.2. The number of carboxylic acids is 1. The quantitative estimate of drug-likeness (QED) is 0.753. The Hall–Kier alpha value is -2.89. The Labute approximate surface area is 119 Å². The lowest BCUT2D eigenvalue weighted by Gasteiger charge is -2.04. The molecule has 0 atom stereocenters. The molecular formula is C15H12N2O4. The summed E-state index contributed by atoms with van der Waals surface area (Å²) in [5, 5.41) is 13.2. The van der Waals surface area contributed by atoms with Crippen molar-refractivity contribution < 1.29 is 14.4 Å². The molecule has 2 heterocycles. The number of aromatic carboxylic acids is 1. The molecule has 2 N–H and O–H groups in total. The average Bonchev–Trinajstić information content (AvgIpc) is 2.78. The van der Waals surface area contributed by atoms with Crippen molar-refractivity contribution in [1.82, 2.24) is 10.1 Å². The molecule has 3 aromatic rings. The molecule has 0 aliphatic rings. The van der Waals surface area contributed by atoms with Crippen LogP contribution in [0.25, 0.3) is 22.0 Å². The lowest BCUT2D eigenvalue weighted by molar-refractivity contribution is 0.0695. The number of carbonyl (C=O) groups is 1. The zero-order valence-electron chi connectivity index (χ0n) is 11.4.